The van der Waals surface area contributed by atoms with Gasteiger partial charge < -0.3 is 10.6 Å². The molecule has 2 aromatic heterocycles. The van der Waals surface area contributed by atoms with Crippen LogP contribution in [0.3, 0.4) is 0 Å². The summed E-state index contributed by atoms with van der Waals surface area (Å²) in [7, 11) is 0. The van der Waals surface area contributed by atoms with Gasteiger partial charge >= 0.3 is 6.18 Å². The smallest absolute Gasteiger partial charge is 0.348 e. The Morgan fingerprint density at radius 1 is 1.00 bits per heavy atom. The molecule has 4 aromatic rings. The van der Waals surface area contributed by atoms with Crippen molar-refractivity contribution in [1.29, 1.82) is 0 Å². The lowest BCUT2D eigenvalue weighted by Crippen LogP contribution is -2.22. The SMILES string of the molecule is O=C(Nc1ccc(Cl)c(C(F)(F)F)c1)c1ccc(CNC(=O)c2cnn3ccccc23)cc1. The van der Waals surface area contributed by atoms with Crippen LogP contribution in [0.25, 0.3) is 5.52 Å². The molecule has 2 heterocycles. The number of benzene rings is 2. The zero-order chi connectivity index (χ0) is 23.6. The number of pyridine rings is 1. The highest BCUT2D eigenvalue weighted by atomic mass is 35.5. The van der Waals surface area contributed by atoms with Gasteiger partial charge in [-0.3, -0.25) is 9.59 Å². The van der Waals surface area contributed by atoms with E-state index in [9.17, 15) is 22.8 Å². The van der Waals surface area contributed by atoms with Crippen molar-refractivity contribution in [2.45, 2.75) is 12.7 Å². The fraction of sp³-hybridized carbons (Fsp3) is 0.0870. The molecule has 0 unspecified atom stereocenters. The third-order valence-corrected chi connectivity index (χ3v) is 5.20. The average molecular weight is 473 g/mol. The number of nitrogens with zero attached hydrogens (tertiary/aromatic N) is 2. The number of nitrogens with one attached hydrogen (secondary N) is 2. The monoisotopic (exact) mass is 472 g/mol. The van der Waals surface area contributed by atoms with E-state index in [-0.39, 0.29) is 23.7 Å². The Morgan fingerprint density at radius 3 is 2.48 bits per heavy atom. The summed E-state index contributed by atoms with van der Waals surface area (Å²) in [6.07, 6.45) is -1.41. The number of halogens is 4. The summed E-state index contributed by atoms with van der Waals surface area (Å²) in [6, 6.07) is 14.9. The van der Waals surface area contributed by atoms with Crippen molar-refractivity contribution in [2.75, 3.05) is 5.32 Å². The van der Waals surface area contributed by atoms with E-state index in [1.54, 1.807) is 28.9 Å². The molecule has 0 spiro atoms. The second kappa shape index (κ2) is 8.95. The van der Waals surface area contributed by atoms with Gasteiger partial charge in [-0.1, -0.05) is 29.8 Å². The number of amides is 2. The summed E-state index contributed by atoms with van der Waals surface area (Å²) in [5, 5.41) is 8.90. The minimum absolute atomic E-state index is 0.0264. The van der Waals surface area contributed by atoms with Crippen LogP contribution in [-0.2, 0) is 12.7 Å². The molecule has 0 aliphatic carbocycles. The molecular weight excluding hydrogens is 457 g/mol. The number of anilines is 1. The molecule has 33 heavy (non-hydrogen) atoms. The lowest BCUT2D eigenvalue weighted by atomic mass is 10.1. The van der Waals surface area contributed by atoms with Gasteiger partial charge in [-0.15, -0.1) is 0 Å². The van der Waals surface area contributed by atoms with Crippen LogP contribution in [0.15, 0.2) is 73.1 Å². The highest BCUT2D eigenvalue weighted by molar-refractivity contribution is 6.31. The number of carbonyl (C=O) groups is 2. The lowest BCUT2D eigenvalue weighted by Gasteiger charge is -2.12. The number of fused-ring (bicyclic) bond motifs is 1. The quantitative estimate of drug-likeness (QED) is 0.420. The molecule has 0 aliphatic rings. The van der Waals surface area contributed by atoms with E-state index in [1.807, 2.05) is 12.1 Å². The molecule has 6 nitrogen and oxygen atoms in total. The summed E-state index contributed by atoms with van der Waals surface area (Å²) < 4.78 is 40.6. The molecule has 2 N–H and O–H groups in total. The van der Waals surface area contributed by atoms with E-state index in [1.165, 1.54) is 24.4 Å². The Morgan fingerprint density at radius 2 is 1.76 bits per heavy atom. The van der Waals surface area contributed by atoms with E-state index < -0.39 is 22.7 Å². The van der Waals surface area contributed by atoms with Crippen LogP contribution in [0.5, 0.6) is 0 Å². The summed E-state index contributed by atoms with van der Waals surface area (Å²) in [4.78, 5) is 24.9. The Hall–Kier alpha value is -3.85. The predicted octanol–water partition coefficient (Wildman–Crippen LogP) is 5.19. The van der Waals surface area contributed by atoms with Crippen LogP contribution < -0.4 is 10.6 Å². The fourth-order valence-electron chi connectivity index (χ4n) is 3.18. The van der Waals surface area contributed by atoms with Gasteiger partial charge in [-0.05, 0) is 48.0 Å². The highest BCUT2D eigenvalue weighted by Gasteiger charge is 2.33. The summed E-state index contributed by atoms with van der Waals surface area (Å²) >= 11 is 5.60. The molecular formula is C23H16ClF3N4O2. The first kappa shape index (κ1) is 22.3. The van der Waals surface area contributed by atoms with E-state index in [4.69, 9.17) is 11.6 Å². The maximum absolute atomic E-state index is 13.0. The van der Waals surface area contributed by atoms with Gasteiger partial charge in [0.05, 0.1) is 27.9 Å². The van der Waals surface area contributed by atoms with Crippen molar-refractivity contribution >= 4 is 34.6 Å². The minimum atomic E-state index is -4.63. The van der Waals surface area contributed by atoms with Crippen molar-refractivity contribution in [1.82, 2.24) is 14.9 Å². The largest absolute Gasteiger partial charge is 0.417 e. The molecule has 0 aliphatic heterocycles. The van der Waals surface area contributed by atoms with Crippen molar-refractivity contribution in [2.24, 2.45) is 0 Å². The van der Waals surface area contributed by atoms with Gasteiger partial charge in [-0.25, -0.2) is 4.52 Å². The topological polar surface area (TPSA) is 75.5 Å². The van der Waals surface area contributed by atoms with Gasteiger partial charge in [-0.2, -0.15) is 18.3 Å². The molecule has 0 radical (unpaired) electrons. The first-order valence-corrected chi connectivity index (χ1v) is 10.1. The Bertz CT molecular complexity index is 1330. The number of hydrogen-bond donors (Lipinski definition) is 2. The van der Waals surface area contributed by atoms with E-state index in [0.29, 0.717) is 11.1 Å². The first-order chi connectivity index (χ1) is 15.7. The van der Waals surface area contributed by atoms with Crippen LogP contribution in [-0.4, -0.2) is 21.4 Å². The van der Waals surface area contributed by atoms with Gasteiger partial charge in [0.1, 0.15) is 0 Å². The Kier molecular flexibility index (Phi) is 6.06. The van der Waals surface area contributed by atoms with Crippen molar-refractivity contribution in [3.05, 3.63) is 100 Å². The maximum atomic E-state index is 13.0. The predicted molar refractivity (Wildman–Crippen MR) is 117 cm³/mol. The molecule has 0 saturated carbocycles. The van der Waals surface area contributed by atoms with E-state index in [2.05, 4.69) is 15.7 Å². The molecule has 0 fully saturated rings. The maximum Gasteiger partial charge on any atom is 0.417 e. The van der Waals surface area contributed by atoms with Crippen LogP contribution in [0.4, 0.5) is 18.9 Å². The second-order valence-electron chi connectivity index (χ2n) is 7.11. The minimum Gasteiger partial charge on any atom is -0.348 e. The standard InChI is InChI=1S/C23H16ClF3N4O2/c24-19-9-8-16(11-18(19)23(25,26)27)30-21(32)15-6-4-14(5-7-15)12-28-22(33)17-13-29-31-10-2-1-3-20(17)31/h1-11,13H,12H2,(H,28,33)(H,30,32). The van der Waals surface area contributed by atoms with E-state index in [0.717, 1.165) is 17.7 Å². The first-order valence-electron chi connectivity index (χ1n) is 9.70. The molecule has 2 amide bonds. The molecule has 0 saturated heterocycles. The van der Waals surface area contributed by atoms with Gasteiger partial charge in [0.25, 0.3) is 11.8 Å². The van der Waals surface area contributed by atoms with Crippen molar-refractivity contribution in [3.63, 3.8) is 0 Å². The van der Waals surface area contributed by atoms with Crippen LogP contribution >= 0.6 is 11.6 Å². The zero-order valence-electron chi connectivity index (χ0n) is 16.9. The van der Waals surface area contributed by atoms with Crippen molar-refractivity contribution in [3.8, 4) is 0 Å². The number of carbonyl (C=O) groups excluding carboxylic acids is 2. The van der Waals surface area contributed by atoms with Crippen molar-refractivity contribution < 1.29 is 22.8 Å². The molecule has 4 rings (SSSR count). The average Bonchev–Trinajstić information content (AvgIpc) is 3.22. The second-order valence-corrected chi connectivity index (χ2v) is 7.52. The van der Waals surface area contributed by atoms with Crippen LogP contribution in [0.1, 0.15) is 31.8 Å². The van der Waals surface area contributed by atoms with Crippen LogP contribution in [0.2, 0.25) is 5.02 Å². The Balaban J connectivity index is 1.39. The molecule has 10 heteroatoms. The molecule has 0 atom stereocenters. The Labute approximate surface area is 191 Å². The normalized spacial score (nSPS) is 11.4. The van der Waals surface area contributed by atoms with Crippen LogP contribution in [0, 0.1) is 0 Å². The summed E-state index contributed by atoms with van der Waals surface area (Å²) in [5.41, 5.74) is 1.05. The molecule has 168 valence electrons. The summed E-state index contributed by atoms with van der Waals surface area (Å²) in [5.74, 6) is -0.867. The lowest BCUT2D eigenvalue weighted by molar-refractivity contribution is -0.137. The van der Waals surface area contributed by atoms with E-state index >= 15 is 0 Å². The third-order valence-electron chi connectivity index (χ3n) is 4.87. The number of aromatic nitrogens is 2. The molecule has 0 bridgehead atoms. The number of alkyl halides is 3. The summed E-state index contributed by atoms with van der Waals surface area (Å²) in [6.45, 7) is 0.219. The highest BCUT2D eigenvalue weighted by Crippen LogP contribution is 2.36. The van der Waals surface area contributed by atoms with Gasteiger partial charge in [0.2, 0.25) is 0 Å². The third kappa shape index (κ3) is 4.98. The van der Waals surface area contributed by atoms with Gasteiger partial charge in [0.15, 0.2) is 0 Å². The van der Waals surface area contributed by atoms with Gasteiger partial charge in [0, 0.05) is 24.0 Å². The molecule has 2 aromatic carbocycles. The fourth-order valence-corrected chi connectivity index (χ4v) is 3.41. The number of hydrogen-bond acceptors (Lipinski definition) is 3. The zero-order valence-corrected chi connectivity index (χ0v) is 17.6. The number of rotatable bonds is 5.